The van der Waals surface area contributed by atoms with Gasteiger partial charge in [-0.05, 0) is 44.0 Å². The third kappa shape index (κ3) is 4.41. The summed E-state index contributed by atoms with van der Waals surface area (Å²) in [6.45, 7) is 4.18. The van der Waals surface area contributed by atoms with Crippen LogP contribution in [0, 0.1) is 5.82 Å². The van der Waals surface area contributed by atoms with Crippen molar-refractivity contribution in [2.75, 3.05) is 19.7 Å². The molecule has 0 amide bonds. The molecule has 5 rings (SSSR count). The second-order valence-electron chi connectivity index (χ2n) is 9.14. The number of likely N-dealkylation sites (tertiary alicyclic amines) is 1. The van der Waals surface area contributed by atoms with Gasteiger partial charge in [-0.15, -0.1) is 10.2 Å². The molecular formula is C24H24F4N6O. The predicted molar refractivity (Wildman–Crippen MR) is 122 cm³/mol. The maximum absolute atomic E-state index is 14.2. The summed E-state index contributed by atoms with van der Waals surface area (Å²) >= 11 is 0. The molecule has 1 fully saturated rings. The zero-order chi connectivity index (χ0) is 25.0. The van der Waals surface area contributed by atoms with E-state index >= 15 is 0 Å². The van der Waals surface area contributed by atoms with E-state index in [4.69, 9.17) is 10.5 Å². The summed E-state index contributed by atoms with van der Waals surface area (Å²) in [5.74, 6) is -0.152. The first-order valence-corrected chi connectivity index (χ1v) is 11.2. The number of benzene rings is 1. The van der Waals surface area contributed by atoms with Gasteiger partial charge in [0.05, 0.1) is 12.1 Å². The molecule has 184 valence electrons. The summed E-state index contributed by atoms with van der Waals surface area (Å²) < 4.78 is 63.6. The van der Waals surface area contributed by atoms with E-state index in [1.165, 1.54) is 39.8 Å². The number of hydrogen-bond donors (Lipinski definition) is 1. The lowest BCUT2D eigenvalue weighted by molar-refractivity contribution is -0.184. The molecule has 0 aliphatic carbocycles. The molecule has 0 unspecified atom stereocenters. The number of rotatable bonds is 5. The highest BCUT2D eigenvalue weighted by molar-refractivity contribution is 5.82. The first-order valence-electron chi connectivity index (χ1n) is 11.2. The van der Waals surface area contributed by atoms with Gasteiger partial charge in [0.15, 0.2) is 23.0 Å². The van der Waals surface area contributed by atoms with Gasteiger partial charge in [0.2, 0.25) is 0 Å². The number of halogens is 4. The average molecular weight is 488 g/mol. The van der Waals surface area contributed by atoms with Gasteiger partial charge >= 0.3 is 6.18 Å². The van der Waals surface area contributed by atoms with Crippen LogP contribution in [-0.2, 0) is 0 Å². The van der Waals surface area contributed by atoms with Crippen LogP contribution in [0.2, 0.25) is 0 Å². The molecule has 3 aromatic heterocycles. The van der Waals surface area contributed by atoms with Crippen molar-refractivity contribution in [3.8, 4) is 17.3 Å². The molecule has 0 radical (unpaired) electrons. The number of pyridine rings is 2. The number of ether oxygens (including phenoxy) is 1. The van der Waals surface area contributed by atoms with Crippen molar-refractivity contribution in [1.82, 2.24) is 24.5 Å². The summed E-state index contributed by atoms with van der Waals surface area (Å²) in [7, 11) is 0. The standard InChI is InChI=1S/C24H24F4N6O/c1-3-35-19-11-18-14(10-16(19)25)4-6-17(30-18)22-32-31-20-7-5-15(12-34(20)22)21(24(26,27)28)33-9-8-23(2,29)13-33/h4-7,10-12,21H,3,8-9,13,29H2,1-2H3/t21-,23-/m0/s1. The third-order valence-corrected chi connectivity index (χ3v) is 6.22. The minimum absolute atomic E-state index is 0.0604. The molecule has 1 saturated heterocycles. The van der Waals surface area contributed by atoms with Crippen molar-refractivity contribution in [1.29, 1.82) is 0 Å². The van der Waals surface area contributed by atoms with Gasteiger partial charge in [-0.3, -0.25) is 9.30 Å². The third-order valence-electron chi connectivity index (χ3n) is 6.22. The summed E-state index contributed by atoms with van der Waals surface area (Å²) in [6, 6.07) is 7.23. The molecule has 0 saturated carbocycles. The van der Waals surface area contributed by atoms with Crippen LogP contribution in [0.5, 0.6) is 5.75 Å². The van der Waals surface area contributed by atoms with Crippen molar-refractivity contribution in [2.24, 2.45) is 5.73 Å². The second-order valence-corrected chi connectivity index (χ2v) is 9.14. The van der Waals surface area contributed by atoms with E-state index in [2.05, 4.69) is 15.2 Å². The molecule has 2 atom stereocenters. The normalized spacial score (nSPS) is 20.1. The molecule has 11 heteroatoms. The fourth-order valence-electron chi connectivity index (χ4n) is 4.61. The van der Waals surface area contributed by atoms with Crippen LogP contribution in [-0.4, -0.2) is 55.9 Å². The lowest BCUT2D eigenvalue weighted by atomic mass is 10.0. The fourth-order valence-corrected chi connectivity index (χ4v) is 4.61. The zero-order valence-electron chi connectivity index (χ0n) is 19.2. The van der Waals surface area contributed by atoms with Crippen LogP contribution in [0.25, 0.3) is 28.1 Å². The molecule has 4 heterocycles. The van der Waals surface area contributed by atoms with Crippen LogP contribution in [0.15, 0.2) is 42.6 Å². The molecule has 1 aliphatic heterocycles. The SMILES string of the molecule is CCOc1cc2nc(-c3nnc4ccc([C@H](N5CC[C@](C)(N)C5)C(F)(F)F)cn34)ccc2cc1F. The van der Waals surface area contributed by atoms with Gasteiger partial charge in [-0.1, -0.05) is 12.1 Å². The van der Waals surface area contributed by atoms with Gasteiger partial charge in [0, 0.05) is 36.3 Å². The van der Waals surface area contributed by atoms with E-state index < -0.39 is 23.6 Å². The molecule has 0 bridgehead atoms. The number of fused-ring (bicyclic) bond motifs is 2. The average Bonchev–Trinajstić information content (AvgIpc) is 3.36. The summed E-state index contributed by atoms with van der Waals surface area (Å²) in [6.07, 6.45) is -2.62. The Balaban J connectivity index is 1.58. The van der Waals surface area contributed by atoms with Crippen molar-refractivity contribution in [2.45, 2.75) is 38.0 Å². The highest BCUT2D eigenvalue weighted by Crippen LogP contribution is 2.41. The Kier molecular flexibility index (Phi) is 5.64. The van der Waals surface area contributed by atoms with Gasteiger partial charge in [0.1, 0.15) is 11.7 Å². The molecular weight excluding hydrogens is 464 g/mol. The monoisotopic (exact) mass is 488 g/mol. The second kappa shape index (κ2) is 8.42. The molecule has 1 aromatic carbocycles. The molecule has 7 nitrogen and oxygen atoms in total. The summed E-state index contributed by atoms with van der Waals surface area (Å²) in [5.41, 5.74) is 6.73. The Morgan fingerprint density at radius 1 is 1.17 bits per heavy atom. The van der Waals surface area contributed by atoms with Crippen molar-refractivity contribution in [3.05, 3.63) is 54.0 Å². The lowest BCUT2D eigenvalue weighted by Crippen LogP contribution is -2.43. The van der Waals surface area contributed by atoms with Crippen LogP contribution in [0.1, 0.15) is 31.9 Å². The Morgan fingerprint density at radius 3 is 2.66 bits per heavy atom. The van der Waals surface area contributed by atoms with E-state index in [0.29, 0.717) is 35.3 Å². The number of nitrogens with two attached hydrogens (primary N) is 1. The fraction of sp³-hybridized carbons (Fsp3) is 0.375. The molecule has 1 aliphatic rings. The van der Waals surface area contributed by atoms with Gasteiger partial charge < -0.3 is 10.5 Å². The number of hydrogen-bond acceptors (Lipinski definition) is 6. The highest BCUT2D eigenvalue weighted by Gasteiger charge is 2.48. The van der Waals surface area contributed by atoms with Gasteiger partial charge in [-0.25, -0.2) is 9.37 Å². The molecule has 35 heavy (non-hydrogen) atoms. The van der Waals surface area contributed by atoms with E-state index in [1.54, 1.807) is 26.0 Å². The smallest absolute Gasteiger partial charge is 0.408 e. The maximum atomic E-state index is 14.2. The van der Waals surface area contributed by atoms with Gasteiger partial charge in [0.25, 0.3) is 0 Å². The van der Waals surface area contributed by atoms with Crippen LogP contribution < -0.4 is 10.5 Å². The van der Waals surface area contributed by atoms with E-state index in [1.807, 2.05) is 0 Å². The minimum atomic E-state index is -4.50. The minimum Gasteiger partial charge on any atom is -0.491 e. The molecule has 0 spiro atoms. The first kappa shape index (κ1) is 23.4. The van der Waals surface area contributed by atoms with E-state index in [9.17, 15) is 17.6 Å². The molecule has 4 aromatic rings. The van der Waals surface area contributed by atoms with Gasteiger partial charge in [-0.2, -0.15) is 13.2 Å². The number of aromatic nitrogens is 4. The Morgan fingerprint density at radius 2 is 1.97 bits per heavy atom. The Labute approximate surface area is 198 Å². The zero-order valence-corrected chi connectivity index (χ0v) is 19.2. The van der Waals surface area contributed by atoms with Crippen LogP contribution in [0.4, 0.5) is 17.6 Å². The van der Waals surface area contributed by atoms with Crippen LogP contribution in [0.3, 0.4) is 0 Å². The lowest BCUT2D eigenvalue weighted by Gasteiger charge is -2.31. The topological polar surface area (TPSA) is 81.6 Å². The van der Waals surface area contributed by atoms with E-state index in [-0.39, 0.29) is 30.2 Å². The Bertz CT molecular complexity index is 1400. The van der Waals surface area contributed by atoms with Crippen molar-refractivity contribution >= 4 is 16.6 Å². The van der Waals surface area contributed by atoms with Crippen molar-refractivity contribution < 1.29 is 22.3 Å². The first-order chi connectivity index (χ1) is 16.6. The summed E-state index contributed by atoms with van der Waals surface area (Å²) in [5, 5.41) is 8.81. The van der Waals surface area contributed by atoms with Crippen molar-refractivity contribution in [3.63, 3.8) is 0 Å². The quantitative estimate of drug-likeness (QED) is 0.417. The highest BCUT2D eigenvalue weighted by atomic mass is 19.4. The maximum Gasteiger partial charge on any atom is 0.408 e. The predicted octanol–water partition coefficient (Wildman–Crippen LogP) is 4.51. The summed E-state index contributed by atoms with van der Waals surface area (Å²) in [4.78, 5) is 5.92. The van der Waals surface area contributed by atoms with E-state index in [0.717, 1.165) is 0 Å². The van der Waals surface area contributed by atoms with Crippen LogP contribution >= 0.6 is 0 Å². The largest absolute Gasteiger partial charge is 0.491 e. The molecule has 2 N–H and O–H groups in total. The Hall–Kier alpha value is -3.31. The number of alkyl halides is 3. The number of nitrogens with zero attached hydrogens (tertiary/aromatic N) is 5.